The molecule has 1 heteroatoms. The first-order valence-electron chi connectivity index (χ1n) is 5.13. The summed E-state index contributed by atoms with van der Waals surface area (Å²) in [7, 11) is 0. The molecule has 0 spiro atoms. The molecule has 0 aliphatic heterocycles. The summed E-state index contributed by atoms with van der Waals surface area (Å²) in [6.45, 7) is 1.98. The minimum atomic E-state index is 0.381. The van der Waals surface area contributed by atoms with E-state index in [1.54, 1.807) is 0 Å². The summed E-state index contributed by atoms with van der Waals surface area (Å²) in [4.78, 5) is 0. The fourth-order valence-corrected chi connectivity index (χ4v) is 1.68. The molecule has 0 atom stereocenters. The van der Waals surface area contributed by atoms with Crippen LogP contribution in [0.3, 0.4) is 0 Å². The molecule has 0 bridgehead atoms. The van der Waals surface area contributed by atoms with E-state index in [2.05, 4.69) is 6.07 Å². The van der Waals surface area contributed by atoms with Crippen LogP contribution in [0.25, 0.3) is 10.8 Å². The molecule has 1 nitrogen and oxygen atoms in total. The lowest BCUT2D eigenvalue weighted by Gasteiger charge is -2.04. The molecule has 0 saturated heterocycles. The highest BCUT2D eigenvalue weighted by Gasteiger charge is 2.01. The normalized spacial score (nSPS) is 11.3. The van der Waals surface area contributed by atoms with Crippen molar-refractivity contribution in [2.75, 3.05) is 0 Å². The summed E-state index contributed by atoms with van der Waals surface area (Å²) in [5.41, 5.74) is 0.979. The standard InChI is InChI=1S/C14H14O/c1-2-3-6-13-9-11-7-4-5-8-12(11)10-14(13)15/h2-5,7-10,15H,6H2,1H3/b3-2-. The topological polar surface area (TPSA) is 20.2 Å². The SMILES string of the molecule is C/C=C\Cc1cc2ccccc2cc1O. The van der Waals surface area contributed by atoms with Crippen LogP contribution >= 0.6 is 0 Å². The van der Waals surface area contributed by atoms with Crippen LogP contribution in [0.1, 0.15) is 12.5 Å². The molecule has 0 aliphatic carbocycles. The second-order valence-electron chi connectivity index (χ2n) is 3.60. The molecule has 0 heterocycles. The van der Waals surface area contributed by atoms with Gasteiger partial charge in [0, 0.05) is 0 Å². The van der Waals surface area contributed by atoms with Gasteiger partial charge >= 0.3 is 0 Å². The number of hydrogen-bond acceptors (Lipinski definition) is 1. The second-order valence-corrected chi connectivity index (χ2v) is 3.60. The van der Waals surface area contributed by atoms with E-state index in [4.69, 9.17) is 0 Å². The zero-order chi connectivity index (χ0) is 10.7. The van der Waals surface area contributed by atoms with Crippen LogP contribution in [0, 0.1) is 0 Å². The van der Waals surface area contributed by atoms with E-state index in [-0.39, 0.29) is 0 Å². The molecule has 0 saturated carbocycles. The number of phenols is 1. The molecule has 0 radical (unpaired) electrons. The predicted molar refractivity (Wildman–Crippen MR) is 64.1 cm³/mol. The van der Waals surface area contributed by atoms with Crippen molar-refractivity contribution in [3.05, 3.63) is 54.1 Å². The van der Waals surface area contributed by atoms with Gasteiger partial charge < -0.3 is 5.11 Å². The minimum Gasteiger partial charge on any atom is -0.508 e. The van der Waals surface area contributed by atoms with Crippen LogP contribution in [-0.4, -0.2) is 5.11 Å². The summed E-state index contributed by atoms with van der Waals surface area (Å²) in [6.07, 6.45) is 4.83. The van der Waals surface area contributed by atoms with Gasteiger partial charge in [0.15, 0.2) is 0 Å². The van der Waals surface area contributed by atoms with E-state index in [0.29, 0.717) is 5.75 Å². The Kier molecular flexibility index (Phi) is 2.72. The van der Waals surface area contributed by atoms with Gasteiger partial charge in [0.05, 0.1) is 0 Å². The van der Waals surface area contributed by atoms with Crippen molar-refractivity contribution in [3.8, 4) is 5.75 Å². The molecule has 2 aromatic rings. The molecule has 0 aliphatic rings. The van der Waals surface area contributed by atoms with E-state index < -0.39 is 0 Å². The van der Waals surface area contributed by atoms with Crippen molar-refractivity contribution >= 4 is 10.8 Å². The summed E-state index contributed by atoms with van der Waals surface area (Å²) in [5.74, 6) is 0.381. The zero-order valence-corrected chi connectivity index (χ0v) is 8.77. The Labute approximate surface area is 89.7 Å². The molecule has 2 aromatic carbocycles. The number of allylic oxidation sites excluding steroid dienone is 2. The third-order valence-electron chi connectivity index (χ3n) is 2.52. The van der Waals surface area contributed by atoms with Crippen molar-refractivity contribution in [2.24, 2.45) is 0 Å². The van der Waals surface area contributed by atoms with Crippen LogP contribution < -0.4 is 0 Å². The molecule has 0 fully saturated rings. The molecule has 2 rings (SSSR count). The monoisotopic (exact) mass is 198 g/mol. The van der Waals surface area contributed by atoms with E-state index in [9.17, 15) is 5.11 Å². The van der Waals surface area contributed by atoms with Crippen LogP contribution in [0.4, 0.5) is 0 Å². The minimum absolute atomic E-state index is 0.381. The Morgan fingerprint density at radius 3 is 2.47 bits per heavy atom. The Bertz CT molecular complexity index is 498. The summed E-state index contributed by atoms with van der Waals surface area (Å²) in [5, 5.41) is 12.1. The lowest BCUT2D eigenvalue weighted by Crippen LogP contribution is -1.83. The Morgan fingerprint density at radius 2 is 1.80 bits per heavy atom. The van der Waals surface area contributed by atoms with Gasteiger partial charge in [-0.2, -0.15) is 0 Å². The number of phenolic OH excluding ortho intramolecular Hbond substituents is 1. The fraction of sp³-hybridized carbons (Fsp3) is 0.143. The van der Waals surface area contributed by atoms with E-state index >= 15 is 0 Å². The first-order valence-corrected chi connectivity index (χ1v) is 5.13. The highest BCUT2D eigenvalue weighted by Crippen LogP contribution is 2.25. The van der Waals surface area contributed by atoms with Crippen LogP contribution in [0.5, 0.6) is 5.75 Å². The van der Waals surface area contributed by atoms with Gasteiger partial charge in [-0.1, -0.05) is 36.4 Å². The Hall–Kier alpha value is -1.76. The van der Waals surface area contributed by atoms with Crippen LogP contribution in [-0.2, 0) is 6.42 Å². The van der Waals surface area contributed by atoms with Gasteiger partial charge in [-0.25, -0.2) is 0 Å². The Balaban J connectivity index is 2.51. The van der Waals surface area contributed by atoms with Gasteiger partial charge in [-0.3, -0.25) is 0 Å². The quantitative estimate of drug-likeness (QED) is 0.730. The Morgan fingerprint density at radius 1 is 1.13 bits per heavy atom. The number of rotatable bonds is 2. The van der Waals surface area contributed by atoms with Gasteiger partial charge in [0.1, 0.15) is 5.75 Å². The van der Waals surface area contributed by atoms with Crippen molar-refractivity contribution < 1.29 is 5.11 Å². The van der Waals surface area contributed by atoms with Crippen LogP contribution in [0.15, 0.2) is 48.6 Å². The molecule has 15 heavy (non-hydrogen) atoms. The highest BCUT2D eigenvalue weighted by molar-refractivity contribution is 5.84. The first kappa shape index (κ1) is 9.78. The molecule has 1 N–H and O–H groups in total. The summed E-state index contributed by atoms with van der Waals surface area (Å²) >= 11 is 0. The van der Waals surface area contributed by atoms with E-state index in [0.717, 1.165) is 17.4 Å². The largest absolute Gasteiger partial charge is 0.508 e. The maximum absolute atomic E-state index is 9.80. The highest BCUT2D eigenvalue weighted by atomic mass is 16.3. The smallest absolute Gasteiger partial charge is 0.119 e. The third kappa shape index (κ3) is 2.01. The zero-order valence-electron chi connectivity index (χ0n) is 8.77. The average molecular weight is 198 g/mol. The average Bonchev–Trinajstić information content (AvgIpc) is 2.26. The van der Waals surface area contributed by atoms with Crippen LogP contribution in [0.2, 0.25) is 0 Å². The molecular formula is C14H14O. The van der Waals surface area contributed by atoms with E-state index in [1.807, 2.05) is 49.4 Å². The maximum atomic E-state index is 9.80. The number of fused-ring (bicyclic) bond motifs is 1. The third-order valence-corrected chi connectivity index (χ3v) is 2.52. The number of benzene rings is 2. The van der Waals surface area contributed by atoms with Gasteiger partial charge in [-0.15, -0.1) is 0 Å². The number of aromatic hydroxyl groups is 1. The van der Waals surface area contributed by atoms with Crippen molar-refractivity contribution in [2.45, 2.75) is 13.3 Å². The van der Waals surface area contributed by atoms with Gasteiger partial charge in [0.2, 0.25) is 0 Å². The first-order chi connectivity index (χ1) is 7.31. The molecule has 0 unspecified atom stereocenters. The molecular weight excluding hydrogens is 184 g/mol. The van der Waals surface area contributed by atoms with Crippen molar-refractivity contribution in [1.82, 2.24) is 0 Å². The fourth-order valence-electron chi connectivity index (χ4n) is 1.68. The van der Waals surface area contributed by atoms with Crippen molar-refractivity contribution in [1.29, 1.82) is 0 Å². The lowest BCUT2D eigenvalue weighted by molar-refractivity contribution is 0.470. The molecule has 0 amide bonds. The second kappa shape index (κ2) is 4.18. The lowest BCUT2D eigenvalue weighted by atomic mass is 10.0. The van der Waals surface area contributed by atoms with Gasteiger partial charge in [-0.05, 0) is 41.8 Å². The summed E-state index contributed by atoms with van der Waals surface area (Å²) in [6, 6.07) is 11.9. The van der Waals surface area contributed by atoms with Crippen molar-refractivity contribution in [3.63, 3.8) is 0 Å². The van der Waals surface area contributed by atoms with E-state index in [1.165, 1.54) is 5.39 Å². The summed E-state index contributed by atoms with van der Waals surface area (Å²) < 4.78 is 0. The maximum Gasteiger partial charge on any atom is 0.119 e. The molecule has 0 aromatic heterocycles. The number of hydrogen-bond donors (Lipinski definition) is 1. The molecule has 76 valence electrons. The predicted octanol–water partition coefficient (Wildman–Crippen LogP) is 3.66. The van der Waals surface area contributed by atoms with Gasteiger partial charge in [0.25, 0.3) is 0 Å².